The lowest BCUT2D eigenvalue weighted by Gasteiger charge is -2.22. The molecular formula is C18H22FN3O5S2. The molecule has 0 saturated carbocycles. The van der Waals surface area contributed by atoms with Crippen molar-refractivity contribution in [1.82, 2.24) is 9.62 Å². The van der Waals surface area contributed by atoms with Crippen molar-refractivity contribution in [2.75, 3.05) is 31.2 Å². The Morgan fingerprint density at radius 3 is 2.00 bits per heavy atom. The van der Waals surface area contributed by atoms with E-state index in [1.165, 1.54) is 62.6 Å². The van der Waals surface area contributed by atoms with Crippen LogP contribution in [0.5, 0.6) is 0 Å². The third-order valence-electron chi connectivity index (χ3n) is 3.99. The van der Waals surface area contributed by atoms with E-state index in [0.29, 0.717) is 5.56 Å². The number of rotatable bonds is 8. The van der Waals surface area contributed by atoms with Crippen molar-refractivity contribution >= 4 is 31.6 Å². The Kier molecular flexibility index (Phi) is 6.98. The van der Waals surface area contributed by atoms with Crippen LogP contribution < -0.4 is 9.62 Å². The zero-order valence-corrected chi connectivity index (χ0v) is 17.8. The minimum absolute atomic E-state index is 0.000428. The van der Waals surface area contributed by atoms with Crippen molar-refractivity contribution in [2.45, 2.75) is 11.4 Å². The largest absolute Gasteiger partial charge is 0.350 e. The fourth-order valence-electron chi connectivity index (χ4n) is 2.38. The summed E-state index contributed by atoms with van der Waals surface area (Å²) in [6.07, 6.45) is 0.949. The quantitative estimate of drug-likeness (QED) is 0.659. The molecule has 0 unspecified atom stereocenters. The molecule has 8 nitrogen and oxygen atoms in total. The third kappa shape index (κ3) is 5.99. The van der Waals surface area contributed by atoms with Crippen LogP contribution in [0, 0.1) is 5.82 Å². The van der Waals surface area contributed by atoms with Crippen molar-refractivity contribution in [3.8, 4) is 0 Å². The predicted molar refractivity (Wildman–Crippen MR) is 108 cm³/mol. The van der Waals surface area contributed by atoms with Crippen molar-refractivity contribution in [3.05, 3.63) is 59.9 Å². The number of amides is 1. The second-order valence-electron chi connectivity index (χ2n) is 6.45. The summed E-state index contributed by atoms with van der Waals surface area (Å²) in [6.45, 7) is -0.378. The summed E-state index contributed by atoms with van der Waals surface area (Å²) in [7, 11) is -4.69. The van der Waals surface area contributed by atoms with E-state index in [2.05, 4.69) is 5.32 Å². The third-order valence-corrected chi connectivity index (χ3v) is 6.96. The maximum absolute atomic E-state index is 12.9. The minimum Gasteiger partial charge on any atom is -0.350 e. The van der Waals surface area contributed by atoms with Gasteiger partial charge >= 0.3 is 0 Å². The van der Waals surface area contributed by atoms with Crippen molar-refractivity contribution in [1.29, 1.82) is 0 Å². The Labute approximate surface area is 170 Å². The summed E-state index contributed by atoms with van der Waals surface area (Å²) in [5, 5.41) is 2.57. The highest BCUT2D eigenvalue weighted by molar-refractivity contribution is 7.92. The van der Waals surface area contributed by atoms with Gasteiger partial charge < -0.3 is 5.32 Å². The van der Waals surface area contributed by atoms with Gasteiger partial charge in [-0.15, -0.1) is 0 Å². The average molecular weight is 444 g/mol. The number of hydrogen-bond acceptors (Lipinski definition) is 5. The van der Waals surface area contributed by atoms with Crippen molar-refractivity contribution in [2.24, 2.45) is 0 Å². The number of halogens is 1. The number of hydrogen-bond donors (Lipinski definition) is 1. The Morgan fingerprint density at radius 1 is 0.966 bits per heavy atom. The molecule has 0 saturated heterocycles. The molecule has 1 N–H and O–H groups in total. The molecule has 29 heavy (non-hydrogen) atoms. The Morgan fingerprint density at radius 2 is 1.52 bits per heavy atom. The van der Waals surface area contributed by atoms with E-state index in [1.807, 2.05) is 0 Å². The molecule has 0 radical (unpaired) electrons. The SMILES string of the molecule is CN(C)S(=O)(=O)c1ccc(N(CC(=O)NCc2ccc(F)cc2)S(C)(=O)=O)cc1. The molecule has 0 aliphatic heterocycles. The molecule has 11 heteroatoms. The first-order valence-corrected chi connectivity index (χ1v) is 11.7. The van der Waals surface area contributed by atoms with Gasteiger partial charge in [0.25, 0.3) is 0 Å². The normalized spacial score (nSPS) is 12.0. The number of carbonyl (C=O) groups excluding carboxylic acids is 1. The summed E-state index contributed by atoms with van der Waals surface area (Å²) < 4.78 is 63.4. The predicted octanol–water partition coefficient (Wildman–Crippen LogP) is 1.16. The molecule has 158 valence electrons. The second kappa shape index (κ2) is 8.89. The summed E-state index contributed by atoms with van der Waals surface area (Å²) in [5.41, 5.74) is 0.811. The van der Waals surface area contributed by atoms with E-state index in [0.717, 1.165) is 14.9 Å². The Balaban J connectivity index is 2.15. The monoisotopic (exact) mass is 443 g/mol. The van der Waals surface area contributed by atoms with Crippen LogP contribution in [0.25, 0.3) is 0 Å². The highest BCUT2D eigenvalue weighted by Crippen LogP contribution is 2.21. The van der Waals surface area contributed by atoms with Crippen LogP contribution in [0.1, 0.15) is 5.56 Å². The average Bonchev–Trinajstić information content (AvgIpc) is 2.64. The Hall–Kier alpha value is -2.50. The lowest BCUT2D eigenvalue weighted by atomic mass is 10.2. The van der Waals surface area contributed by atoms with Crippen molar-refractivity contribution in [3.63, 3.8) is 0 Å². The van der Waals surface area contributed by atoms with Gasteiger partial charge in [0, 0.05) is 20.6 Å². The highest BCUT2D eigenvalue weighted by Gasteiger charge is 2.22. The van der Waals surface area contributed by atoms with Gasteiger partial charge in [-0.05, 0) is 42.0 Å². The first kappa shape index (κ1) is 22.8. The zero-order chi connectivity index (χ0) is 21.8. The van der Waals surface area contributed by atoms with Crippen molar-refractivity contribution < 1.29 is 26.0 Å². The fraction of sp³-hybridized carbons (Fsp3) is 0.278. The topological polar surface area (TPSA) is 104 Å². The van der Waals surface area contributed by atoms with Crippen LogP contribution in [0.2, 0.25) is 0 Å². The van der Waals surface area contributed by atoms with E-state index in [4.69, 9.17) is 0 Å². The van der Waals surface area contributed by atoms with Gasteiger partial charge in [-0.1, -0.05) is 12.1 Å². The number of benzene rings is 2. The van der Waals surface area contributed by atoms with E-state index in [1.54, 1.807) is 0 Å². The molecule has 2 rings (SSSR count). The van der Waals surface area contributed by atoms with Crippen LogP contribution in [-0.4, -0.2) is 53.9 Å². The molecule has 2 aromatic carbocycles. The zero-order valence-electron chi connectivity index (χ0n) is 16.2. The van der Waals surface area contributed by atoms with Gasteiger partial charge in [0.05, 0.1) is 16.8 Å². The van der Waals surface area contributed by atoms with Gasteiger partial charge in [0.2, 0.25) is 26.0 Å². The summed E-state index contributed by atoms with van der Waals surface area (Å²) in [6, 6.07) is 10.7. The molecule has 0 aromatic heterocycles. The van der Waals surface area contributed by atoms with E-state index in [-0.39, 0.29) is 17.1 Å². The highest BCUT2D eigenvalue weighted by atomic mass is 32.2. The number of anilines is 1. The van der Waals surface area contributed by atoms with Gasteiger partial charge in [0.1, 0.15) is 12.4 Å². The molecule has 0 aliphatic rings. The molecule has 0 heterocycles. The van der Waals surface area contributed by atoms with E-state index >= 15 is 0 Å². The smallest absolute Gasteiger partial charge is 0.242 e. The van der Waals surface area contributed by atoms with E-state index < -0.39 is 38.3 Å². The van der Waals surface area contributed by atoms with Gasteiger partial charge in [0.15, 0.2) is 0 Å². The molecule has 0 bridgehead atoms. The van der Waals surface area contributed by atoms with Gasteiger partial charge in [-0.25, -0.2) is 25.5 Å². The maximum Gasteiger partial charge on any atom is 0.242 e. The summed E-state index contributed by atoms with van der Waals surface area (Å²) in [5.74, 6) is -0.965. The van der Waals surface area contributed by atoms with Gasteiger partial charge in [-0.2, -0.15) is 0 Å². The molecule has 0 aliphatic carbocycles. The number of nitrogens with zero attached hydrogens (tertiary/aromatic N) is 2. The lowest BCUT2D eigenvalue weighted by molar-refractivity contribution is -0.119. The summed E-state index contributed by atoms with van der Waals surface area (Å²) >= 11 is 0. The fourth-order valence-corrected chi connectivity index (χ4v) is 4.14. The summed E-state index contributed by atoms with van der Waals surface area (Å²) in [4.78, 5) is 12.2. The van der Waals surface area contributed by atoms with Crippen LogP contribution >= 0.6 is 0 Å². The molecule has 0 spiro atoms. The number of nitrogens with one attached hydrogen (secondary N) is 1. The minimum atomic E-state index is -3.80. The van der Waals surface area contributed by atoms with E-state index in [9.17, 15) is 26.0 Å². The standard InChI is InChI=1S/C18H22FN3O5S2/c1-21(2)29(26,27)17-10-8-16(9-11-17)22(28(3,24)25)13-18(23)20-12-14-4-6-15(19)7-5-14/h4-11H,12-13H2,1-3H3,(H,20,23). The lowest BCUT2D eigenvalue weighted by Crippen LogP contribution is -2.40. The first-order valence-electron chi connectivity index (χ1n) is 8.42. The van der Waals surface area contributed by atoms with Gasteiger partial charge in [-0.3, -0.25) is 9.10 Å². The van der Waals surface area contributed by atoms with Crippen LogP contribution in [0.4, 0.5) is 10.1 Å². The molecular weight excluding hydrogens is 421 g/mol. The van der Waals surface area contributed by atoms with Crippen LogP contribution in [-0.2, 0) is 31.4 Å². The molecule has 0 fully saturated rings. The molecule has 0 atom stereocenters. The number of carbonyl (C=O) groups is 1. The molecule has 2 aromatic rings. The van der Waals surface area contributed by atoms with Crippen LogP contribution in [0.15, 0.2) is 53.4 Å². The maximum atomic E-state index is 12.9. The second-order valence-corrected chi connectivity index (χ2v) is 10.5. The molecule has 1 amide bonds. The Bertz CT molecular complexity index is 1070. The number of sulfonamides is 2. The van der Waals surface area contributed by atoms with Crippen LogP contribution in [0.3, 0.4) is 0 Å². The first-order chi connectivity index (χ1) is 13.4.